The lowest BCUT2D eigenvalue weighted by atomic mass is 10.0. The van der Waals surface area contributed by atoms with E-state index in [4.69, 9.17) is 11.5 Å². The van der Waals surface area contributed by atoms with E-state index in [9.17, 15) is 18.0 Å². The topological polar surface area (TPSA) is 106 Å². The van der Waals surface area contributed by atoms with Gasteiger partial charge < -0.3 is 22.1 Å². The number of nitrogens with one attached hydrogen (secondary N) is 2. The quantitative estimate of drug-likeness (QED) is 0.380. The Labute approximate surface area is 204 Å². The molecule has 10 heteroatoms. The Kier molecular flexibility index (Phi) is 8.31. The van der Waals surface area contributed by atoms with Gasteiger partial charge in [-0.1, -0.05) is 54.3 Å². The highest BCUT2D eigenvalue weighted by Crippen LogP contribution is 2.32. The SMILES string of the molecule is C=C/C=c1/cc(-c2sc(NC[C@@H](N)Cc3ccc(C(F)(F)F)cc3)nc2C(=O)NC)cc/c1=C/N. The molecular weight excluding hydrogens is 475 g/mol. The van der Waals surface area contributed by atoms with E-state index in [0.29, 0.717) is 28.5 Å². The molecule has 6 nitrogen and oxygen atoms in total. The summed E-state index contributed by atoms with van der Waals surface area (Å²) in [5, 5.41) is 7.93. The van der Waals surface area contributed by atoms with Crippen LogP contribution in [0.3, 0.4) is 0 Å². The Hall–Kier alpha value is -3.63. The first kappa shape index (κ1) is 26.0. The second-order valence-electron chi connectivity index (χ2n) is 7.73. The summed E-state index contributed by atoms with van der Waals surface area (Å²) in [4.78, 5) is 17.6. The number of halogens is 3. The van der Waals surface area contributed by atoms with Crippen LogP contribution in [0, 0.1) is 0 Å². The summed E-state index contributed by atoms with van der Waals surface area (Å²) >= 11 is 1.30. The number of nitrogens with two attached hydrogens (primary N) is 2. The number of carbonyl (C=O) groups excluding carboxylic acids is 1. The zero-order valence-electron chi connectivity index (χ0n) is 19.0. The van der Waals surface area contributed by atoms with Gasteiger partial charge in [0.25, 0.3) is 5.91 Å². The molecule has 3 aromatic rings. The number of hydrogen-bond acceptors (Lipinski definition) is 6. The molecule has 1 amide bonds. The smallest absolute Gasteiger partial charge is 0.404 e. The molecule has 0 saturated heterocycles. The molecule has 2 aromatic carbocycles. The van der Waals surface area contributed by atoms with Gasteiger partial charge in [-0.25, -0.2) is 4.98 Å². The fraction of sp³-hybridized carbons (Fsp3) is 0.200. The van der Waals surface area contributed by atoms with Crippen molar-refractivity contribution in [3.05, 3.63) is 82.4 Å². The van der Waals surface area contributed by atoms with Crippen LogP contribution in [0.5, 0.6) is 0 Å². The lowest BCUT2D eigenvalue weighted by Crippen LogP contribution is -2.31. The van der Waals surface area contributed by atoms with Crippen molar-refractivity contribution in [2.24, 2.45) is 11.5 Å². The molecule has 0 aliphatic carbocycles. The van der Waals surface area contributed by atoms with Crippen molar-refractivity contribution in [2.45, 2.75) is 18.6 Å². The Morgan fingerprint density at radius 1 is 1.20 bits per heavy atom. The van der Waals surface area contributed by atoms with E-state index in [-0.39, 0.29) is 17.6 Å². The van der Waals surface area contributed by atoms with Crippen molar-refractivity contribution in [2.75, 3.05) is 18.9 Å². The average Bonchev–Trinajstić information content (AvgIpc) is 3.26. The number of carbonyl (C=O) groups is 1. The van der Waals surface area contributed by atoms with Gasteiger partial charge in [0.15, 0.2) is 5.13 Å². The van der Waals surface area contributed by atoms with Crippen LogP contribution in [-0.4, -0.2) is 30.5 Å². The summed E-state index contributed by atoms with van der Waals surface area (Å²) in [6, 6.07) is 10.2. The largest absolute Gasteiger partial charge is 0.416 e. The molecule has 1 aromatic heterocycles. The van der Waals surface area contributed by atoms with Crippen molar-refractivity contribution >= 4 is 34.7 Å². The maximum atomic E-state index is 12.7. The number of allylic oxidation sites excluding steroid dienone is 1. The van der Waals surface area contributed by atoms with Crippen molar-refractivity contribution in [1.29, 1.82) is 0 Å². The number of nitrogens with zero attached hydrogens (tertiary/aromatic N) is 1. The summed E-state index contributed by atoms with van der Waals surface area (Å²) in [6.45, 7) is 4.04. The molecule has 0 aliphatic rings. The number of benzene rings is 2. The van der Waals surface area contributed by atoms with Crippen LogP contribution in [0.1, 0.15) is 21.6 Å². The maximum absolute atomic E-state index is 12.7. The van der Waals surface area contributed by atoms with Crippen molar-refractivity contribution in [3.63, 3.8) is 0 Å². The number of anilines is 1. The molecule has 0 aliphatic heterocycles. The molecule has 35 heavy (non-hydrogen) atoms. The maximum Gasteiger partial charge on any atom is 0.416 e. The van der Waals surface area contributed by atoms with Crippen LogP contribution in [0.4, 0.5) is 18.3 Å². The number of aromatic nitrogens is 1. The molecule has 0 spiro atoms. The molecule has 1 atom stereocenters. The van der Waals surface area contributed by atoms with Crippen LogP contribution < -0.4 is 32.5 Å². The minimum Gasteiger partial charge on any atom is -0.404 e. The van der Waals surface area contributed by atoms with Crippen molar-refractivity contribution in [1.82, 2.24) is 10.3 Å². The van der Waals surface area contributed by atoms with Gasteiger partial charge in [-0.15, -0.1) is 0 Å². The van der Waals surface area contributed by atoms with Gasteiger partial charge in [0, 0.05) is 25.8 Å². The number of rotatable bonds is 8. The standard InChI is InChI=1S/C25H26F3N5OS/c1-3-4-16-12-17(7-8-18(16)13-29)22-21(23(34)31-2)33-24(35-22)32-14-20(30)11-15-5-9-19(10-6-15)25(26,27)28/h3-10,12-13,20H,1,11,14,29-30H2,2H3,(H,31,34)(H,32,33)/b16-4-,18-13-/t20-/m0/s1. The molecule has 0 saturated carbocycles. The first-order chi connectivity index (χ1) is 16.7. The molecule has 184 valence electrons. The molecule has 6 N–H and O–H groups in total. The van der Waals surface area contributed by atoms with E-state index < -0.39 is 11.7 Å². The third-order valence-corrected chi connectivity index (χ3v) is 6.25. The Bertz CT molecular complexity index is 1320. The molecule has 3 rings (SSSR count). The van der Waals surface area contributed by atoms with Gasteiger partial charge in [-0.2, -0.15) is 13.2 Å². The van der Waals surface area contributed by atoms with E-state index in [2.05, 4.69) is 22.2 Å². The molecule has 0 fully saturated rings. The molecule has 1 heterocycles. The van der Waals surface area contributed by atoms with Crippen molar-refractivity contribution < 1.29 is 18.0 Å². The zero-order valence-corrected chi connectivity index (χ0v) is 19.8. The van der Waals surface area contributed by atoms with Gasteiger partial charge in [-0.05, 0) is 46.2 Å². The highest BCUT2D eigenvalue weighted by molar-refractivity contribution is 7.19. The van der Waals surface area contributed by atoms with Crippen LogP contribution >= 0.6 is 11.3 Å². The number of hydrogen-bond donors (Lipinski definition) is 4. The summed E-state index contributed by atoms with van der Waals surface area (Å²) < 4.78 is 38.2. The zero-order chi connectivity index (χ0) is 25.6. The average molecular weight is 502 g/mol. The Balaban J connectivity index is 1.79. The van der Waals surface area contributed by atoms with Gasteiger partial charge >= 0.3 is 6.18 Å². The van der Waals surface area contributed by atoms with Crippen LogP contribution in [0.25, 0.3) is 22.7 Å². The third-order valence-electron chi connectivity index (χ3n) is 5.19. The van der Waals surface area contributed by atoms with Crippen molar-refractivity contribution in [3.8, 4) is 10.4 Å². The summed E-state index contributed by atoms with van der Waals surface area (Å²) in [6.07, 6.45) is 0.978. The summed E-state index contributed by atoms with van der Waals surface area (Å²) in [5.41, 5.74) is 12.9. The van der Waals surface area contributed by atoms with E-state index in [0.717, 1.165) is 28.1 Å². The number of alkyl halides is 3. The lowest BCUT2D eigenvalue weighted by Gasteiger charge is -2.13. The molecule has 0 unspecified atom stereocenters. The van der Waals surface area contributed by atoms with Crippen LogP contribution in [0.2, 0.25) is 0 Å². The monoisotopic (exact) mass is 501 g/mol. The Morgan fingerprint density at radius 2 is 1.91 bits per heavy atom. The van der Waals surface area contributed by atoms with E-state index in [1.54, 1.807) is 6.08 Å². The number of amides is 1. The predicted molar refractivity (Wildman–Crippen MR) is 135 cm³/mol. The lowest BCUT2D eigenvalue weighted by molar-refractivity contribution is -0.137. The van der Waals surface area contributed by atoms with Gasteiger partial charge in [0.1, 0.15) is 5.69 Å². The summed E-state index contributed by atoms with van der Waals surface area (Å²) in [7, 11) is 1.53. The highest BCUT2D eigenvalue weighted by atomic mass is 32.1. The predicted octanol–water partition coefficient (Wildman–Crippen LogP) is 2.83. The first-order valence-corrected chi connectivity index (χ1v) is 11.5. The minimum absolute atomic E-state index is 0.269. The second-order valence-corrected chi connectivity index (χ2v) is 8.73. The fourth-order valence-corrected chi connectivity index (χ4v) is 4.39. The number of thiazole rings is 1. The highest BCUT2D eigenvalue weighted by Gasteiger charge is 2.30. The first-order valence-electron chi connectivity index (χ1n) is 10.7. The van der Waals surface area contributed by atoms with Crippen LogP contribution in [-0.2, 0) is 12.6 Å². The van der Waals surface area contributed by atoms with Crippen LogP contribution in [0.15, 0.2) is 55.1 Å². The van der Waals surface area contributed by atoms with E-state index in [1.807, 2.05) is 24.3 Å². The normalized spacial score (nSPS) is 13.5. The molecular formula is C25H26F3N5OS. The second kappa shape index (κ2) is 11.2. The van der Waals surface area contributed by atoms with Gasteiger partial charge in [-0.3, -0.25) is 4.79 Å². The minimum atomic E-state index is -4.37. The third kappa shape index (κ3) is 6.49. The molecule has 0 radical (unpaired) electrons. The van der Waals surface area contributed by atoms with Gasteiger partial charge in [0.2, 0.25) is 0 Å². The van der Waals surface area contributed by atoms with E-state index >= 15 is 0 Å². The Morgan fingerprint density at radius 3 is 2.51 bits per heavy atom. The fourth-order valence-electron chi connectivity index (χ4n) is 3.43. The molecule has 0 bridgehead atoms. The summed E-state index contributed by atoms with van der Waals surface area (Å²) in [5.74, 6) is -0.331. The van der Waals surface area contributed by atoms with E-state index in [1.165, 1.54) is 36.7 Å². The van der Waals surface area contributed by atoms with Gasteiger partial charge in [0.05, 0.1) is 10.4 Å².